The zero-order valence-electron chi connectivity index (χ0n) is 10.5. The van der Waals surface area contributed by atoms with E-state index >= 15 is 0 Å². The molecule has 0 aliphatic carbocycles. The number of likely N-dealkylation sites (N-methyl/N-ethyl adjacent to an activating group) is 1. The summed E-state index contributed by atoms with van der Waals surface area (Å²) in [4.78, 5) is 12.2. The van der Waals surface area contributed by atoms with Crippen LogP contribution in [0.25, 0.3) is 0 Å². The fourth-order valence-electron chi connectivity index (χ4n) is 2.48. The molecule has 1 saturated heterocycles. The second-order valence-corrected chi connectivity index (χ2v) is 4.64. The van der Waals surface area contributed by atoms with Crippen LogP contribution < -0.4 is 5.32 Å². The van der Waals surface area contributed by atoms with E-state index < -0.39 is 5.41 Å². The maximum atomic E-state index is 12.2. The summed E-state index contributed by atoms with van der Waals surface area (Å²) in [5, 5.41) is 2.79. The number of rotatable bonds is 2. The molecular weight excluding hydrogens is 214 g/mol. The number of ether oxygens (including phenoxy) is 1. The van der Waals surface area contributed by atoms with E-state index in [1.165, 1.54) is 5.56 Å². The van der Waals surface area contributed by atoms with Gasteiger partial charge in [0.2, 0.25) is 5.91 Å². The fraction of sp³-hybridized carbons (Fsp3) is 0.500. The summed E-state index contributed by atoms with van der Waals surface area (Å²) >= 11 is 0. The van der Waals surface area contributed by atoms with Gasteiger partial charge in [-0.2, -0.15) is 0 Å². The highest BCUT2D eigenvalue weighted by Crippen LogP contribution is 2.35. The minimum absolute atomic E-state index is 0.102. The minimum Gasteiger partial charge on any atom is -0.381 e. The van der Waals surface area contributed by atoms with Gasteiger partial charge < -0.3 is 10.1 Å². The first-order valence-electron chi connectivity index (χ1n) is 6.06. The lowest BCUT2D eigenvalue weighted by molar-refractivity contribution is -0.129. The lowest BCUT2D eigenvalue weighted by atomic mass is 9.73. The largest absolute Gasteiger partial charge is 0.381 e. The first-order valence-corrected chi connectivity index (χ1v) is 6.06. The van der Waals surface area contributed by atoms with Crippen LogP contribution in [-0.2, 0) is 14.9 Å². The van der Waals surface area contributed by atoms with Crippen molar-refractivity contribution in [1.82, 2.24) is 5.32 Å². The first kappa shape index (κ1) is 12.1. The van der Waals surface area contributed by atoms with Gasteiger partial charge in [-0.05, 0) is 25.3 Å². The molecule has 1 fully saturated rings. The zero-order valence-corrected chi connectivity index (χ0v) is 10.5. The monoisotopic (exact) mass is 233 g/mol. The Morgan fingerprint density at radius 3 is 2.35 bits per heavy atom. The fourth-order valence-corrected chi connectivity index (χ4v) is 2.48. The van der Waals surface area contributed by atoms with Crippen LogP contribution in [0.5, 0.6) is 0 Å². The van der Waals surface area contributed by atoms with E-state index in [0.717, 1.165) is 18.4 Å². The molecule has 1 heterocycles. The Morgan fingerprint density at radius 1 is 1.24 bits per heavy atom. The zero-order chi connectivity index (χ0) is 12.3. The van der Waals surface area contributed by atoms with E-state index in [9.17, 15) is 4.79 Å². The van der Waals surface area contributed by atoms with Gasteiger partial charge in [0.05, 0.1) is 5.41 Å². The van der Waals surface area contributed by atoms with E-state index in [-0.39, 0.29) is 5.91 Å². The minimum atomic E-state index is -0.402. The van der Waals surface area contributed by atoms with Crippen LogP contribution >= 0.6 is 0 Å². The van der Waals surface area contributed by atoms with Gasteiger partial charge >= 0.3 is 0 Å². The van der Waals surface area contributed by atoms with Gasteiger partial charge in [0, 0.05) is 20.3 Å². The summed E-state index contributed by atoms with van der Waals surface area (Å²) in [5.74, 6) is 0.102. The molecule has 92 valence electrons. The molecule has 1 amide bonds. The molecule has 1 N–H and O–H groups in total. The highest BCUT2D eigenvalue weighted by molar-refractivity contribution is 5.88. The second-order valence-electron chi connectivity index (χ2n) is 4.64. The van der Waals surface area contributed by atoms with Crippen molar-refractivity contribution in [3.05, 3.63) is 35.4 Å². The molecule has 2 rings (SSSR count). The Kier molecular flexibility index (Phi) is 3.48. The first-order chi connectivity index (χ1) is 8.19. The van der Waals surface area contributed by atoms with Crippen molar-refractivity contribution in [2.75, 3.05) is 20.3 Å². The van der Waals surface area contributed by atoms with Crippen molar-refractivity contribution in [3.8, 4) is 0 Å². The second kappa shape index (κ2) is 4.88. The van der Waals surface area contributed by atoms with Gasteiger partial charge in [-0.25, -0.2) is 0 Å². The maximum absolute atomic E-state index is 12.2. The lowest BCUT2D eigenvalue weighted by Crippen LogP contribution is -2.46. The number of carbonyl (C=O) groups excluding carboxylic acids is 1. The van der Waals surface area contributed by atoms with E-state index in [2.05, 4.69) is 36.5 Å². The molecular formula is C14H19NO2. The topological polar surface area (TPSA) is 38.3 Å². The Labute approximate surface area is 102 Å². The quantitative estimate of drug-likeness (QED) is 0.845. The third-order valence-electron chi connectivity index (χ3n) is 3.61. The number of hydrogen-bond donors (Lipinski definition) is 1. The summed E-state index contributed by atoms with van der Waals surface area (Å²) < 4.78 is 5.38. The van der Waals surface area contributed by atoms with Crippen LogP contribution in [0.1, 0.15) is 24.0 Å². The van der Waals surface area contributed by atoms with Crippen molar-refractivity contribution in [3.63, 3.8) is 0 Å². The van der Waals surface area contributed by atoms with Gasteiger partial charge in [-0.3, -0.25) is 4.79 Å². The Morgan fingerprint density at radius 2 is 1.82 bits per heavy atom. The van der Waals surface area contributed by atoms with Gasteiger partial charge in [0.15, 0.2) is 0 Å². The highest BCUT2D eigenvalue weighted by Gasteiger charge is 2.40. The number of carbonyl (C=O) groups is 1. The molecule has 0 unspecified atom stereocenters. The van der Waals surface area contributed by atoms with Gasteiger partial charge in [-0.15, -0.1) is 0 Å². The number of nitrogens with one attached hydrogen (secondary N) is 1. The smallest absolute Gasteiger partial charge is 0.230 e. The number of amides is 1. The maximum Gasteiger partial charge on any atom is 0.230 e. The van der Waals surface area contributed by atoms with Crippen molar-refractivity contribution >= 4 is 5.91 Å². The Bertz CT molecular complexity index is 391. The Balaban J connectivity index is 2.38. The Hall–Kier alpha value is -1.35. The summed E-state index contributed by atoms with van der Waals surface area (Å²) in [6.07, 6.45) is 1.52. The van der Waals surface area contributed by atoms with Gasteiger partial charge in [0.25, 0.3) is 0 Å². The van der Waals surface area contributed by atoms with E-state index in [1.807, 2.05) is 0 Å². The average Bonchev–Trinajstić information content (AvgIpc) is 2.39. The molecule has 0 bridgehead atoms. The molecule has 1 aliphatic rings. The summed E-state index contributed by atoms with van der Waals surface area (Å²) in [5.41, 5.74) is 1.92. The van der Waals surface area contributed by atoms with Crippen molar-refractivity contribution in [2.24, 2.45) is 0 Å². The molecule has 1 aromatic rings. The van der Waals surface area contributed by atoms with Crippen LogP contribution in [0.3, 0.4) is 0 Å². The van der Waals surface area contributed by atoms with Crippen LogP contribution in [0.4, 0.5) is 0 Å². The molecule has 1 aromatic carbocycles. The molecule has 0 spiro atoms. The third-order valence-corrected chi connectivity index (χ3v) is 3.61. The van der Waals surface area contributed by atoms with Crippen LogP contribution in [0.15, 0.2) is 24.3 Å². The van der Waals surface area contributed by atoms with Crippen LogP contribution in [0, 0.1) is 6.92 Å². The van der Waals surface area contributed by atoms with Gasteiger partial charge in [-0.1, -0.05) is 29.8 Å². The standard InChI is InChI=1S/C14H19NO2/c1-11-3-5-12(6-4-11)14(13(16)15-2)7-9-17-10-8-14/h3-6H,7-10H2,1-2H3,(H,15,16). The SMILES string of the molecule is CNC(=O)C1(c2ccc(C)cc2)CCOCC1. The highest BCUT2D eigenvalue weighted by atomic mass is 16.5. The van der Waals surface area contributed by atoms with E-state index in [1.54, 1.807) is 7.05 Å². The molecule has 0 radical (unpaired) electrons. The summed E-state index contributed by atoms with van der Waals surface area (Å²) in [7, 11) is 1.70. The molecule has 3 heteroatoms. The van der Waals surface area contributed by atoms with Crippen molar-refractivity contribution in [2.45, 2.75) is 25.2 Å². The van der Waals surface area contributed by atoms with Crippen molar-refractivity contribution in [1.29, 1.82) is 0 Å². The average molecular weight is 233 g/mol. The molecule has 1 aliphatic heterocycles. The predicted octanol–water partition coefficient (Wildman–Crippen LogP) is 1.79. The summed E-state index contributed by atoms with van der Waals surface area (Å²) in [6.45, 7) is 3.36. The number of aryl methyl sites for hydroxylation is 1. The summed E-state index contributed by atoms with van der Waals surface area (Å²) in [6, 6.07) is 8.26. The van der Waals surface area contributed by atoms with Crippen molar-refractivity contribution < 1.29 is 9.53 Å². The number of hydrogen-bond acceptors (Lipinski definition) is 2. The van der Waals surface area contributed by atoms with E-state index in [0.29, 0.717) is 13.2 Å². The molecule has 17 heavy (non-hydrogen) atoms. The molecule has 0 aromatic heterocycles. The normalized spacial score (nSPS) is 18.7. The van der Waals surface area contributed by atoms with E-state index in [4.69, 9.17) is 4.74 Å². The van der Waals surface area contributed by atoms with Crippen LogP contribution in [-0.4, -0.2) is 26.2 Å². The number of benzene rings is 1. The molecule has 0 saturated carbocycles. The van der Waals surface area contributed by atoms with Crippen LogP contribution in [0.2, 0.25) is 0 Å². The third kappa shape index (κ3) is 2.20. The lowest BCUT2D eigenvalue weighted by Gasteiger charge is -2.35. The molecule has 3 nitrogen and oxygen atoms in total. The van der Waals surface area contributed by atoms with Gasteiger partial charge in [0.1, 0.15) is 0 Å². The molecule has 0 atom stereocenters. The predicted molar refractivity (Wildman–Crippen MR) is 67.0 cm³/mol.